The Morgan fingerprint density at radius 3 is 2.64 bits per heavy atom. The summed E-state index contributed by atoms with van der Waals surface area (Å²) in [6.07, 6.45) is 3.58. The van der Waals surface area contributed by atoms with Gasteiger partial charge in [-0.15, -0.1) is 12.4 Å². The number of likely N-dealkylation sites (N-methyl/N-ethyl adjacent to an activating group) is 2. The first-order valence-electron chi connectivity index (χ1n) is 6.98. The first-order chi connectivity index (χ1) is 10.0. The van der Waals surface area contributed by atoms with Crippen LogP contribution in [0, 0.1) is 6.92 Å². The molecule has 5 nitrogen and oxygen atoms in total. The average Bonchev–Trinajstić information content (AvgIpc) is 2.88. The molecule has 2 aromatic rings. The van der Waals surface area contributed by atoms with Crippen LogP contribution in [0.4, 0.5) is 0 Å². The van der Waals surface area contributed by atoms with Crippen LogP contribution in [0.25, 0.3) is 0 Å². The predicted molar refractivity (Wildman–Crippen MR) is 89.9 cm³/mol. The second-order valence-corrected chi connectivity index (χ2v) is 5.29. The van der Waals surface area contributed by atoms with E-state index in [1.54, 1.807) is 22.8 Å². The molecule has 1 amide bonds. The summed E-state index contributed by atoms with van der Waals surface area (Å²) in [5.41, 5.74) is 3.23. The number of hydrogen-bond acceptors (Lipinski definition) is 3. The number of aromatic nitrogens is 2. The highest BCUT2D eigenvalue weighted by Crippen LogP contribution is 2.16. The van der Waals surface area contributed by atoms with E-state index in [2.05, 4.69) is 29.5 Å². The molecule has 0 saturated heterocycles. The van der Waals surface area contributed by atoms with Crippen molar-refractivity contribution < 1.29 is 4.79 Å². The van der Waals surface area contributed by atoms with Gasteiger partial charge in [0.25, 0.3) is 0 Å². The zero-order chi connectivity index (χ0) is 15.4. The number of amides is 1. The summed E-state index contributed by atoms with van der Waals surface area (Å²) >= 11 is 0. The molecule has 0 aliphatic rings. The molecule has 6 heteroatoms. The normalized spacial score (nSPS) is 11.6. The van der Waals surface area contributed by atoms with Gasteiger partial charge in [-0.3, -0.25) is 9.48 Å². The minimum absolute atomic E-state index is 0. The second-order valence-electron chi connectivity index (χ2n) is 5.29. The van der Waals surface area contributed by atoms with Crippen LogP contribution >= 0.6 is 12.4 Å². The number of hydrogen-bond donors (Lipinski definition) is 1. The molecule has 0 radical (unpaired) electrons. The van der Waals surface area contributed by atoms with Crippen LogP contribution in [-0.4, -0.2) is 34.7 Å². The van der Waals surface area contributed by atoms with Crippen molar-refractivity contribution in [3.05, 3.63) is 53.3 Å². The van der Waals surface area contributed by atoms with Gasteiger partial charge in [0, 0.05) is 32.4 Å². The van der Waals surface area contributed by atoms with Gasteiger partial charge in [-0.05, 0) is 25.1 Å². The van der Waals surface area contributed by atoms with E-state index < -0.39 is 0 Å². The van der Waals surface area contributed by atoms with Crippen molar-refractivity contribution in [1.29, 1.82) is 0 Å². The molecule has 0 aliphatic heterocycles. The minimum Gasteiger partial charge on any atom is -0.340 e. The monoisotopic (exact) mass is 322 g/mol. The van der Waals surface area contributed by atoms with Crippen molar-refractivity contribution in [2.45, 2.75) is 19.5 Å². The third-order valence-electron chi connectivity index (χ3n) is 3.64. The van der Waals surface area contributed by atoms with Crippen molar-refractivity contribution in [2.24, 2.45) is 7.05 Å². The van der Waals surface area contributed by atoms with E-state index in [0.29, 0.717) is 6.54 Å². The first-order valence-corrected chi connectivity index (χ1v) is 6.98. The van der Waals surface area contributed by atoms with E-state index in [4.69, 9.17) is 0 Å². The van der Waals surface area contributed by atoms with Gasteiger partial charge < -0.3 is 10.2 Å². The SMILES string of the molecule is CNC(C(=O)N(C)Cc1ccccc1C)c1cnn(C)c1.Cl. The molecule has 0 bridgehead atoms. The lowest BCUT2D eigenvalue weighted by atomic mass is 10.1. The number of aryl methyl sites for hydroxylation is 2. The maximum absolute atomic E-state index is 12.6. The van der Waals surface area contributed by atoms with Crippen molar-refractivity contribution in [3.63, 3.8) is 0 Å². The summed E-state index contributed by atoms with van der Waals surface area (Å²) in [6.45, 7) is 2.66. The van der Waals surface area contributed by atoms with Crippen LogP contribution in [0.5, 0.6) is 0 Å². The van der Waals surface area contributed by atoms with Crippen LogP contribution in [0.3, 0.4) is 0 Å². The third kappa shape index (κ3) is 4.08. The average molecular weight is 323 g/mol. The lowest BCUT2D eigenvalue weighted by Gasteiger charge is -2.23. The van der Waals surface area contributed by atoms with E-state index in [1.807, 2.05) is 32.4 Å². The van der Waals surface area contributed by atoms with Crippen LogP contribution in [0.1, 0.15) is 22.7 Å². The fourth-order valence-electron chi connectivity index (χ4n) is 2.36. The maximum Gasteiger partial charge on any atom is 0.244 e. The number of rotatable bonds is 5. The van der Waals surface area contributed by atoms with Gasteiger partial charge in [0.05, 0.1) is 6.20 Å². The lowest BCUT2D eigenvalue weighted by molar-refractivity contribution is -0.132. The fourth-order valence-corrected chi connectivity index (χ4v) is 2.36. The lowest BCUT2D eigenvalue weighted by Crippen LogP contribution is -2.37. The van der Waals surface area contributed by atoms with Gasteiger partial charge in [0.2, 0.25) is 5.91 Å². The van der Waals surface area contributed by atoms with E-state index in [9.17, 15) is 4.79 Å². The minimum atomic E-state index is -0.368. The van der Waals surface area contributed by atoms with E-state index in [0.717, 1.165) is 11.1 Å². The van der Waals surface area contributed by atoms with Crippen molar-refractivity contribution in [2.75, 3.05) is 14.1 Å². The number of nitrogens with one attached hydrogen (secondary N) is 1. The Labute approximate surface area is 137 Å². The topological polar surface area (TPSA) is 50.2 Å². The van der Waals surface area contributed by atoms with Gasteiger partial charge >= 0.3 is 0 Å². The molecule has 2 rings (SSSR count). The van der Waals surface area contributed by atoms with Crippen molar-refractivity contribution in [1.82, 2.24) is 20.0 Å². The Morgan fingerprint density at radius 2 is 2.09 bits per heavy atom. The molecular formula is C16H23ClN4O. The Morgan fingerprint density at radius 1 is 1.41 bits per heavy atom. The zero-order valence-corrected chi connectivity index (χ0v) is 14.2. The molecule has 1 unspecified atom stereocenters. The molecule has 1 heterocycles. The molecule has 1 aromatic heterocycles. The largest absolute Gasteiger partial charge is 0.340 e. The molecule has 0 saturated carbocycles. The van der Waals surface area contributed by atoms with Gasteiger partial charge in [-0.25, -0.2) is 0 Å². The Kier molecular flexibility index (Phi) is 6.59. The standard InChI is InChI=1S/C16H22N4O.ClH/c1-12-7-5-6-8-13(12)10-19(3)16(21)15(17-2)14-9-18-20(4)11-14;/h5-9,11,15,17H,10H2,1-4H3;1H. The summed E-state index contributed by atoms with van der Waals surface area (Å²) in [5.74, 6) is 0.0359. The number of carbonyl (C=O) groups excluding carboxylic acids is 1. The fraction of sp³-hybridized carbons (Fsp3) is 0.375. The van der Waals surface area contributed by atoms with Gasteiger partial charge in [0.1, 0.15) is 6.04 Å². The summed E-state index contributed by atoms with van der Waals surface area (Å²) < 4.78 is 1.70. The summed E-state index contributed by atoms with van der Waals surface area (Å²) in [5, 5.41) is 7.20. The molecule has 0 fully saturated rings. The molecule has 1 atom stereocenters. The second kappa shape index (κ2) is 7.96. The predicted octanol–water partition coefficient (Wildman–Crippen LogP) is 2.07. The van der Waals surface area contributed by atoms with Crippen molar-refractivity contribution in [3.8, 4) is 0 Å². The Hall–Kier alpha value is -1.85. The highest BCUT2D eigenvalue weighted by Gasteiger charge is 2.23. The summed E-state index contributed by atoms with van der Waals surface area (Å²) in [6, 6.07) is 7.75. The van der Waals surface area contributed by atoms with Crippen LogP contribution in [0.15, 0.2) is 36.7 Å². The zero-order valence-electron chi connectivity index (χ0n) is 13.4. The molecule has 120 valence electrons. The van der Waals surface area contributed by atoms with Crippen LogP contribution in [-0.2, 0) is 18.4 Å². The van der Waals surface area contributed by atoms with Crippen LogP contribution < -0.4 is 5.32 Å². The maximum atomic E-state index is 12.6. The third-order valence-corrected chi connectivity index (χ3v) is 3.64. The molecule has 0 aliphatic carbocycles. The first kappa shape index (κ1) is 18.2. The summed E-state index contributed by atoms with van der Waals surface area (Å²) in [7, 11) is 5.46. The van der Waals surface area contributed by atoms with E-state index >= 15 is 0 Å². The van der Waals surface area contributed by atoms with Gasteiger partial charge in [0.15, 0.2) is 0 Å². The summed E-state index contributed by atoms with van der Waals surface area (Å²) in [4.78, 5) is 14.4. The Bertz CT molecular complexity index is 626. The van der Waals surface area contributed by atoms with Gasteiger partial charge in [-0.1, -0.05) is 24.3 Å². The highest BCUT2D eigenvalue weighted by molar-refractivity contribution is 5.85. The Balaban J connectivity index is 0.00000242. The molecule has 1 N–H and O–H groups in total. The van der Waals surface area contributed by atoms with E-state index in [1.165, 1.54) is 5.56 Å². The molecule has 22 heavy (non-hydrogen) atoms. The molecular weight excluding hydrogens is 300 g/mol. The highest BCUT2D eigenvalue weighted by atomic mass is 35.5. The number of carbonyl (C=O) groups is 1. The van der Waals surface area contributed by atoms with Crippen molar-refractivity contribution >= 4 is 18.3 Å². The quantitative estimate of drug-likeness (QED) is 0.917. The number of nitrogens with zero attached hydrogens (tertiary/aromatic N) is 3. The molecule has 0 spiro atoms. The van der Waals surface area contributed by atoms with Gasteiger partial charge in [-0.2, -0.15) is 5.10 Å². The smallest absolute Gasteiger partial charge is 0.244 e. The van der Waals surface area contributed by atoms with E-state index in [-0.39, 0.29) is 24.4 Å². The van der Waals surface area contributed by atoms with Crippen LogP contribution in [0.2, 0.25) is 0 Å². The number of benzene rings is 1. The number of halogens is 1. The molecule has 1 aromatic carbocycles.